The van der Waals surface area contributed by atoms with Gasteiger partial charge in [-0.1, -0.05) is 72.8 Å². The van der Waals surface area contributed by atoms with Crippen LogP contribution < -0.4 is 24.2 Å². The fourth-order valence-corrected chi connectivity index (χ4v) is 5.20. The number of carbonyl (C=O) groups is 3. The van der Waals surface area contributed by atoms with E-state index in [0.29, 0.717) is 37.0 Å². The third-order valence-corrected chi connectivity index (χ3v) is 7.56. The molecule has 0 fully saturated rings. The molecule has 0 unspecified atom stereocenters. The number of Topliss-reactive ketones (excluding diaryl/α,β-unsaturated/α-hetero) is 1. The minimum absolute atomic E-state index is 0. The third kappa shape index (κ3) is 7.88. The molecule has 0 aliphatic carbocycles. The molecule has 0 aromatic heterocycles. The molecular weight excluding hydrogens is 513 g/mol. The number of aliphatic carboxylic acids is 1. The number of fused-ring (bicyclic) bond motifs is 1. The number of ketones is 1. The van der Waals surface area contributed by atoms with Gasteiger partial charge in [0.05, 0.1) is 0 Å². The van der Waals surface area contributed by atoms with E-state index in [-0.39, 0.29) is 26.1 Å². The minimum atomic E-state index is -1.04. The van der Waals surface area contributed by atoms with Gasteiger partial charge < -0.3 is 11.8 Å². The Morgan fingerprint density at radius 2 is 1.62 bits per heavy atom. The summed E-state index contributed by atoms with van der Waals surface area (Å²) in [7, 11) is 0. The number of hydrogen-bond acceptors (Lipinski definition) is 4. The Morgan fingerprint density at radius 3 is 2.35 bits per heavy atom. The summed E-state index contributed by atoms with van der Waals surface area (Å²) in [5, 5.41) is 14.5. The van der Waals surface area contributed by atoms with Gasteiger partial charge in [0.2, 0.25) is 0 Å². The van der Waals surface area contributed by atoms with E-state index in [9.17, 15) is 19.5 Å². The largest absolute Gasteiger partial charge is 1.00 e. The van der Waals surface area contributed by atoms with Crippen molar-refractivity contribution in [3.8, 4) is 11.1 Å². The number of carboxylic acids is 1. The Morgan fingerprint density at radius 1 is 0.900 bits per heavy atom. The van der Waals surface area contributed by atoms with Crippen molar-refractivity contribution in [2.24, 2.45) is 0 Å². The van der Waals surface area contributed by atoms with Crippen LogP contribution in [-0.4, -0.2) is 40.8 Å². The first-order valence-electron chi connectivity index (χ1n) is 13.1. The van der Waals surface area contributed by atoms with E-state index in [1.165, 1.54) is 0 Å². The fourth-order valence-electron chi connectivity index (χ4n) is 4.73. The van der Waals surface area contributed by atoms with Crippen LogP contribution in [-0.2, 0) is 11.2 Å². The molecule has 7 heteroatoms. The maximum absolute atomic E-state index is 13.3. The van der Waals surface area contributed by atoms with Gasteiger partial charge in [-0.15, -0.1) is 0 Å². The predicted octanol–water partition coefficient (Wildman–Crippen LogP) is 4.07. The average molecular weight is 548 g/mol. The van der Waals surface area contributed by atoms with Gasteiger partial charge in [0.15, 0.2) is 5.78 Å². The molecule has 202 valence electrons. The van der Waals surface area contributed by atoms with E-state index >= 15 is 0 Å². The van der Waals surface area contributed by atoms with Gasteiger partial charge in [0.25, 0.3) is 5.91 Å². The van der Waals surface area contributed by atoms with Crippen molar-refractivity contribution >= 4 is 40.2 Å². The molecule has 0 bridgehead atoms. The number of carbonyl (C=O) groups excluding carboxylic acids is 2. The van der Waals surface area contributed by atoms with Crippen molar-refractivity contribution in [3.63, 3.8) is 0 Å². The Labute approximate surface area is 253 Å². The number of aryl methyl sites for hydroxylation is 2. The van der Waals surface area contributed by atoms with Crippen LogP contribution in [0, 0.1) is 6.92 Å². The summed E-state index contributed by atoms with van der Waals surface area (Å²) in [5.41, 5.74) is 4.89. The molecular formula is C33H34LiNO4S. The third-order valence-electron chi connectivity index (χ3n) is 6.92. The van der Waals surface area contributed by atoms with E-state index < -0.39 is 17.9 Å². The van der Waals surface area contributed by atoms with Crippen molar-refractivity contribution in [2.45, 2.75) is 38.6 Å². The second kappa shape index (κ2) is 14.9. The van der Waals surface area contributed by atoms with Crippen molar-refractivity contribution in [1.82, 2.24) is 5.32 Å². The number of thioether (sulfide) groups is 1. The first kappa shape index (κ1) is 31.2. The molecule has 0 aliphatic heterocycles. The van der Waals surface area contributed by atoms with Crippen LogP contribution in [0.2, 0.25) is 0 Å². The molecule has 0 saturated heterocycles. The Hall–Kier alpha value is -3.30. The summed E-state index contributed by atoms with van der Waals surface area (Å²) in [5.74, 6) is -0.693. The molecule has 1 amide bonds. The van der Waals surface area contributed by atoms with Gasteiger partial charge in [-0.2, -0.15) is 11.8 Å². The van der Waals surface area contributed by atoms with Gasteiger partial charge in [0, 0.05) is 17.5 Å². The normalized spacial score (nSPS) is 11.4. The van der Waals surface area contributed by atoms with E-state index in [1.807, 2.05) is 92.0 Å². The first-order chi connectivity index (χ1) is 18.9. The molecule has 40 heavy (non-hydrogen) atoms. The molecule has 4 aromatic carbocycles. The number of benzene rings is 4. The van der Waals surface area contributed by atoms with Crippen molar-refractivity contribution in [1.29, 1.82) is 0 Å². The summed E-state index contributed by atoms with van der Waals surface area (Å²) in [4.78, 5) is 37.9. The first-order valence-corrected chi connectivity index (χ1v) is 14.5. The van der Waals surface area contributed by atoms with Gasteiger partial charge >= 0.3 is 24.8 Å². The van der Waals surface area contributed by atoms with Gasteiger partial charge in [-0.3, -0.25) is 9.59 Å². The standard InChI is InChI=1S/C33H33NO4S.Li.H/c1-22-8-3-6-12-27(22)29-20-23(14-17-28(29)32(36)34-30(33(37)38)18-19-39-2)9-7-13-31(35)26-16-15-24-10-4-5-11-25(24)21-26;;/h3-6,8,10-12,14-17,20-21,30H,7,9,13,18-19H2,1-2H3,(H,34,36)(H,37,38);;/q;+1;-1/t30-;;/m0../s1. The zero-order valence-corrected chi connectivity index (χ0v) is 24.1. The van der Waals surface area contributed by atoms with E-state index in [1.54, 1.807) is 17.8 Å². The number of amides is 1. The summed E-state index contributed by atoms with van der Waals surface area (Å²) < 4.78 is 0. The molecule has 4 aromatic rings. The van der Waals surface area contributed by atoms with Gasteiger partial charge in [0.1, 0.15) is 6.04 Å². The Bertz CT molecular complexity index is 1510. The zero-order valence-electron chi connectivity index (χ0n) is 24.3. The van der Waals surface area contributed by atoms with Crippen LogP contribution in [0.1, 0.15) is 52.5 Å². The van der Waals surface area contributed by atoms with Crippen molar-refractivity contribution < 1.29 is 39.8 Å². The van der Waals surface area contributed by atoms with Crippen LogP contribution >= 0.6 is 11.8 Å². The predicted molar refractivity (Wildman–Crippen MR) is 161 cm³/mol. The van der Waals surface area contributed by atoms with Crippen molar-refractivity contribution in [3.05, 3.63) is 107 Å². The van der Waals surface area contributed by atoms with Crippen LogP contribution in [0.4, 0.5) is 0 Å². The molecule has 0 radical (unpaired) electrons. The molecule has 0 spiro atoms. The van der Waals surface area contributed by atoms with Crippen LogP contribution in [0.15, 0.2) is 84.9 Å². The molecule has 1 atom stereocenters. The summed E-state index contributed by atoms with van der Waals surface area (Å²) in [6, 6.07) is 26.4. The molecule has 0 saturated carbocycles. The summed E-state index contributed by atoms with van der Waals surface area (Å²) in [6.07, 6.45) is 4.05. The fraction of sp³-hybridized carbons (Fsp3) is 0.242. The summed E-state index contributed by atoms with van der Waals surface area (Å²) in [6.45, 7) is 1.99. The molecule has 4 rings (SSSR count). The van der Waals surface area contributed by atoms with E-state index in [0.717, 1.165) is 38.6 Å². The number of rotatable bonds is 12. The molecule has 0 aliphatic rings. The number of carboxylic acid groups (broad SMARTS) is 1. The quantitative estimate of drug-likeness (QED) is 0.206. The van der Waals surface area contributed by atoms with Crippen LogP contribution in [0.25, 0.3) is 21.9 Å². The monoisotopic (exact) mass is 547 g/mol. The van der Waals surface area contributed by atoms with E-state index in [2.05, 4.69) is 5.32 Å². The second-order valence-electron chi connectivity index (χ2n) is 9.68. The van der Waals surface area contributed by atoms with Crippen LogP contribution in [0.5, 0.6) is 0 Å². The Balaban J connectivity index is 0.00000294. The summed E-state index contributed by atoms with van der Waals surface area (Å²) >= 11 is 1.54. The molecule has 2 N–H and O–H groups in total. The smallest absolute Gasteiger partial charge is 1.00 e. The minimum Gasteiger partial charge on any atom is -1.00 e. The number of hydrogen-bond donors (Lipinski definition) is 2. The van der Waals surface area contributed by atoms with E-state index in [4.69, 9.17) is 0 Å². The van der Waals surface area contributed by atoms with Crippen LogP contribution in [0.3, 0.4) is 0 Å². The Kier molecular flexibility index (Phi) is 11.6. The second-order valence-corrected chi connectivity index (χ2v) is 10.7. The topological polar surface area (TPSA) is 83.5 Å². The van der Waals surface area contributed by atoms with Gasteiger partial charge in [-0.25, -0.2) is 4.79 Å². The van der Waals surface area contributed by atoms with Gasteiger partial charge in [-0.05, 0) is 83.4 Å². The molecule has 0 heterocycles. The maximum Gasteiger partial charge on any atom is 1.00 e. The zero-order chi connectivity index (χ0) is 27.8. The average Bonchev–Trinajstić information content (AvgIpc) is 2.94. The SMILES string of the molecule is CSCC[C@H](NC(=O)c1ccc(CCCC(=O)c2ccc3ccccc3c2)cc1-c1ccccc1C)C(=O)O.[H-].[Li+]. The van der Waals surface area contributed by atoms with Crippen molar-refractivity contribution in [2.75, 3.05) is 12.0 Å². The number of nitrogens with one attached hydrogen (secondary N) is 1. The molecule has 5 nitrogen and oxygen atoms in total. The maximum atomic E-state index is 13.3.